The second kappa shape index (κ2) is 6.11. The second-order valence-corrected chi connectivity index (χ2v) is 6.91. The van der Waals surface area contributed by atoms with Crippen molar-refractivity contribution in [1.82, 2.24) is 14.9 Å². The number of rotatable bonds is 3. The average molecular weight is 265 g/mol. The van der Waals surface area contributed by atoms with Crippen molar-refractivity contribution in [2.45, 2.75) is 49.8 Å². The molecule has 0 radical (unpaired) electrons. The summed E-state index contributed by atoms with van der Waals surface area (Å²) >= 11 is 2.15. The lowest BCUT2D eigenvalue weighted by Crippen LogP contribution is -2.30. The van der Waals surface area contributed by atoms with E-state index in [9.17, 15) is 0 Å². The van der Waals surface area contributed by atoms with E-state index in [-0.39, 0.29) is 0 Å². The lowest BCUT2D eigenvalue weighted by atomic mass is 9.96. The minimum absolute atomic E-state index is 0.676. The number of nitrogens with zero attached hydrogens (tertiary/aromatic N) is 2. The summed E-state index contributed by atoms with van der Waals surface area (Å²) in [4.78, 5) is 4.39. The van der Waals surface area contributed by atoms with Crippen LogP contribution in [0.4, 0.5) is 0 Å². The molecule has 1 N–H and O–H groups in total. The van der Waals surface area contributed by atoms with Crippen LogP contribution in [-0.2, 0) is 6.54 Å². The summed E-state index contributed by atoms with van der Waals surface area (Å²) < 4.78 is 2.42. The SMILES string of the molecule is c1ncn(CC2CCCCS2)c1C1CCCNC1. The van der Waals surface area contributed by atoms with E-state index in [1.807, 2.05) is 6.33 Å². The number of thioether (sulfide) groups is 1. The minimum Gasteiger partial charge on any atom is -0.333 e. The molecule has 0 spiro atoms. The Bertz CT molecular complexity index is 365. The maximum absolute atomic E-state index is 4.39. The van der Waals surface area contributed by atoms with Gasteiger partial charge in [0.2, 0.25) is 0 Å². The highest BCUT2D eigenvalue weighted by atomic mass is 32.2. The molecule has 1 aromatic heterocycles. The van der Waals surface area contributed by atoms with Crippen LogP contribution in [0.15, 0.2) is 12.5 Å². The molecule has 3 nitrogen and oxygen atoms in total. The highest BCUT2D eigenvalue weighted by Crippen LogP contribution is 2.28. The third-order valence-corrected chi connectivity index (χ3v) is 5.51. The molecule has 3 heterocycles. The second-order valence-electron chi connectivity index (χ2n) is 5.50. The third kappa shape index (κ3) is 2.91. The Morgan fingerprint density at radius 2 is 2.33 bits per heavy atom. The van der Waals surface area contributed by atoms with Crippen molar-refractivity contribution in [3.63, 3.8) is 0 Å². The first kappa shape index (κ1) is 12.5. The van der Waals surface area contributed by atoms with E-state index in [1.165, 1.54) is 50.1 Å². The number of hydrogen-bond donors (Lipinski definition) is 1. The molecule has 0 aromatic carbocycles. The first-order chi connectivity index (χ1) is 8.93. The van der Waals surface area contributed by atoms with Crippen molar-refractivity contribution >= 4 is 11.8 Å². The lowest BCUT2D eigenvalue weighted by molar-refractivity contribution is 0.437. The van der Waals surface area contributed by atoms with Crippen LogP contribution in [0.2, 0.25) is 0 Å². The first-order valence-corrected chi connectivity index (χ1v) is 8.31. The van der Waals surface area contributed by atoms with Crippen molar-refractivity contribution in [2.75, 3.05) is 18.8 Å². The van der Waals surface area contributed by atoms with E-state index in [1.54, 1.807) is 0 Å². The van der Waals surface area contributed by atoms with E-state index in [2.05, 4.69) is 32.8 Å². The zero-order valence-corrected chi connectivity index (χ0v) is 11.8. The highest BCUT2D eigenvalue weighted by Gasteiger charge is 2.21. The highest BCUT2D eigenvalue weighted by molar-refractivity contribution is 7.99. The minimum atomic E-state index is 0.676. The molecule has 0 saturated carbocycles. The van der Waals surface area contributed by atoms with E-state index in [0.717, 1.165) is 18.3 Å². The molecular formula is C14H23N3S. The molecule has 3 rings (SSSR count). The quantitative estimate of drug-likeness (QED) is 0.911. The molecule has 4 heteroatoms. The van der Waals surface area contributed by atoms with E-state index in [4.69, 9.17) is 0 Å². The number of nitrogens with one attached hydrogen (secondary N) is 1. The van der Waals surface area contributed by atoms with Gasteiger partial charge in [-0.1, -0.05) is 6.42 Å². The van der Waals surface area contributed by atoms with Crippen LogP contribution in [0.1, 0.15) is 43.7 Å². The fraction of sp³-hybridized carbons (Fsp3) is 0.786. The van der Waals surface area contributed by atoms with Crippen molar-refractivity contribution in [3.05, 3.63) is 18.2 Å². The Labute approximate surface area is 114 Å². The number of hydrogen-bond acceptors (Lipinski definition) is 3. The molecule has 0 bridgehead atoms. The van der Waals surface area contributed by atoms with Crippen LogP contribution >= 0.6 is 11.8 Å². The fourth-order valence-electron chi connectivity index (χ4n) is 3.10. The van der Waals surface area contributed by atoms with Crippen LogP contribution in [0, 0.1) is 0 Å². The van der Waals surface area contributed by atoms with Crippen LogP contribution in [-0.4, -0.2) is 33.6 Å². The third-order valence-electron chi connectivity index (χ3n) is 4.13. The van der Waals surface area contributed by atoms with Gasteiger partial charge in [0.15, 0.2) is 0 Å². The Kier molecular flexibility index (Phi) is 4.26. The topological polar surface area (TPSA) is 29.9 Å². The molecule has 1 aromatic rings. The average Bonchev–Trinajstić information content (AvgIpc) is 2.89. The van der Waals surface area contributed by atoms with E-state index < -0.39 is 0 Å². The van der Waals surface area contributed by atoms with Crippen molar-refractivity contribution in [1.29, 1.82) is 0 Å². The van der Waals surface area contributed by atoms with Gasteiger partial charge in [-0.3, -0.25) is 0 Å². The first-order valence-electron chi connectivity index (χ1n) is 7.26. The predicted octanol–water partition coefficient (Wildman–Crippen LogP) is 2.64. The summed E-state index contributed by atoms with van der Waals surface area (Å²) in [5.74, 6) is 2.02. The Morgan fingerprint density at radius 3 is 3.11 bits per heavy atom. The van der Waals surface area contributed by atoms with Gasteiger partial charge in [0.1, 0.15) is 0 Å². The standard InChI is InChI=1S/C14H23N3S/c1-2-7-18-13(5-1)10-17-11-16-9-14(17)12-4-3-6-15-8-12/h9,11-13,15H,1-8,10H2. The Balaban J connectivity index is 1.66. The number of aromatic nitrogens is 2. The zero-order valence-electron chi connectivity index (χ0n) is 11.0. The summed E-state index contributed by atoms with van der Waals surface area (Å²) in [6, 6.07) is 0. The summed E-state index contributed by atoms with van der Waals surface area (Å²) in [6.45, 7) is 3.48. The molecule has 2 unspecified atom stereocenters. The molecule has 2 aliphatic rings. The predicted molar refractivity (Wildman–Crippen MR) is 77.2 cm³/mol. The van der Waals surface area contributed by atoms with Crippen molar-refractivity contribution in [3.8, 4) is 0 Å². The Morgan fingerprint density at radius 1 is 1.33 bits per heavy atom. The van der Waals surface area contributed by atoms with E-state index in [0.29, 0.717) is 5.92 Å². The van der Waals surface area contributed by atoms with Crippen LogP contribution in [0.5, 0.6) is 0 Å². The van der Waals surface area contributed by atoms with Gasteiger partial charge in [-0.25, -0.2) is 4.98 Å². The molecule has 18 heavy (non-hydrogen) atoms. The van der Waals surface area contributed by atoms with Crippen LogP contribution < -0.4 is 5.32 Å². The summed E-state index contributed by atoms with van der Waals surface area (Å²) in [6.07, 6.45) is 10.9. The van der Waals surface area contributed by atoms with Gasteiger partial charge in [-0.2, -0.15) is 11.8 Å². The van der Waals surface area contributed by atoms with Gasteiger partial charge in [0.25, 0.3) is 0 Å². The number of piperidine rings is 1. The molecule has 2 atom stereocenters. The fourth-order valence-corrected chi connectivity index (χ4v) is 4.40. The molecule has 0 aliphatic carbocycles. The van der Waals surface area contributed by atoms with Gasteiger partial charge in [0, 0.05) is 36.1 Å². The number of imidazole rings is 1. The summed E-state index contributed by atoms with van der Waals surface area (Å²) in [7, 11) is 0. The van der Waals surface area contributed by atoms with Crippen molar-refractivity contribution < 1.29 is 0 Å². The van der Waals surface area contributed by atoms with Gasteiger partial charge in [-0.05, 0) is 38.0 Å². The zero-order chi connectivity index (χ0) is 12.2. The molecule has 2 aliphatic heterocycles. The smallest absolute Gasteiger partial charge is 0.0948 e. The van der Waals surface area contributed by atoms with Gasteiger partial charge < -0.3 is 9.88 Å². The maximum atomic E-state index is 4.39. The molecule has 0 amide bonds. The van der Waals surface area contributed by atoms with Gasteiger partial charge in [-0.15, -0.1) is 0 Å². The Hall–Kier alpha value is -0.480. The molecule has 2 fully saturated rings. The van der Waals surface area contributed by atoms with Gasteiger partial charge >= 0.3 is 0 Å². The van der Waals surface area contributed by atoms with Crippen molar-refractivity contribution in [2.24, 2.45) is 0 Å². The van der Waals surface area contributed by atoms with Crippen LogP contribution in [0.25, 0.3) is 0 Å². The monoisotopic (exact) mass is 265 g/mol. The molecular weight excluding hydrogens is 242 g/mol. The van der Waals surface area contributed by atoms with Gasteiger partial charge in [0.05, 0.1) is 6.33 Å². The summed E-state index contributed by atoms with van der Waals surface area (Å²) in [5.41, 5.74) is 1.45. The van der Waals surface area contributed by atoms with Crippen LogP contribution in [0.3, 0.4) is 0 Å². The normalized spacial score (nSPS) is 29.3. The maximum Gasteiger partial charge on any atom is 0.0948 e. The van der Waals surface area contributed by atoms with E-state index >= 15 is 0 Å². The lowest BCUT2D eigenvalue weighted by Gasteiger charge is -2.26. The largest absolute Gasteiger partial charge is 0.333 e. The molecule has 2 saturated heterocycles. The summed E-state index contributed by atoms with van der Waals surface area (Å²) in [5, 5.41) is 4.32. The molecule has 100 valence electrons.